The Balaban J connectivity index is 1.99. The topological polar surface area (TPSA) is 60.4 Å². The molecule has 4 rings (SSSR count). The molecule has 0 amide bonds. The average molecular weight is 418 g/mol. The van der Waals surface area contributed by atoms with Crippen molar-refractivity contribution < 1.29 is 13.9 Å². The number of halogens is 1. The van der Waals surface area contributed by atoms with Crippen LogP contribution in [0.4, 0.5) is 10.2 Å². The molecule has 158 valence electrons. The summed E-state index contributed by atoms with van der Waals surface area (Å²) < 4.78 is 25.4. The monoisotopic (exact) mass is 418 g/mol. The Hall–Kier alpha value is -3.58. The molecule has 0 saturated heterocycles. The Kier molecular flexibility index (Phi) is 6.04. The first kappa shape index (κ1) is 20.7. The van der Waals surface area contributed by atoms with Gasteiger partial charge in [0.2, 0.25) is 0 Å². The maximum absolute atomic E-state index is 14.5. The zero-order chi connectivity index (χ0) is 21.8. The summed E-state index contributed by atoms with van der Waals surface area (Å²) in [4.78, 5) is 15.8. The molecule has 0 saturated carbocycles. The van der Waals surface area contributed by atoms with E-state index < -0.39 is 0 Å². The number of hydrogen-bond acceptors (Lipinski definition) is 6. The van der Waals surface area contributed by atoms with Gasteiger partial charge in [0, 0.05) is 49.6 Å². The third-order valence-electron chi connectivity index (χ3n) is 5.06. The summed E-state index contributed by atoms with van der Waals surface area (Å²) in [5, 5.41) is 0.767. The second-order valence-corrected chi connectivity index (χ2v) is 7.08. The van der Waals surface area contributed by atoms with Crippen LogP contribution in [0, 0.1) is 5.82 Å². The second kappa shape index (κ2) is 9.06. The number of likely N-dealkylation sites (N-methyl/N-ethyl adjacent to an activating group) is 1. The van der Waals surface area contributed by atoms with E-state index in [0.717, 1.165) is 10.9 Å². The Bertz CT molecular complexity index is 1200. The van der Waals surface area contributed by atoms with E-state index in [9.17, 15) is 4.39 Å². The van der Waals surface area contributed by atoms with Crippen LogP contribution in [-0.4, -0.2) is 49.4 Å². The predicted molar refractivity (Wildman–Crippen MR) is 120 cm³/mol. The average Bonchev–Trinajstić information content (AvgIpc) is 2.82. The number of methoxy groups -OCH3 is 2. The van der Waals surface area contributed by atoms with Gasteiger partial charge >= 0.3 is 0 Å². The molecular weight excluding hydrogens is 395 g/mol. The second-order valence-electron chi connectivity index (χ2n) is 7.08. The van der Waals surface area contributed by atoms with Crippen LogP contribution in [0.3, 0.4) is 0 Å². The highest BCUT2D eigenvalue weighted by atomic mass is 19.1. The first-order valence-corrected chi connectivity index (χ1v) is 9.87. The van der Waals surface area contributed by atoms with Gasteiger partial charge in [-0.25, -0.2) is 14.4 Å². The molecule has 0 aliphatic rings. The third kappa shape index (κ3) is 4.18. The molecule has 0 spiro atoms. The molecule has 2 aromatic carbocycles. The molecule has 2 heterocycles. The van der Waals surface area contributed by atoms with Crippen LogP contribution >= 0.6 is 0 Å². The van der Waals surface area contributed by atoms with Crippen molar-refractivity contribution >= 4 is 16.7 Å². The molecule has 6 nitrogen and oxygen atoms in total. The summed E-state index contributed by atoms with van der Waals surface area (Å²) in [6, 6.07) is 14.1. The van der Waals surface area contributed by atoms with Crippen LogP contribution in [0.25, 0.3) is 33.4 Å². The number of fused-ring (bicyclic) bond motifs is 1. The maximum atomic E-state index is 14.5. The Morgan fingerprint density at radius 3 is 2.55 bits per heavy atom. The van der Waals surface area contributed by atoms with Gasteiger partial charge < -0.3 is 14.4 Å². The van der Waals surface area contributed by atoms with Gasteiger partial charge in [-0.2, -0.15) is 0 Å². The van der Waals surface area contributed by atoms with Crippen molar-refractivity contribution in [2.75, 3.05) is 39.3 Å². The van der Waals surface area contributed by atoms with E-state index in [1.54, 1.807) is 44.8 Å². The lowest BCUT2D eigenvalue weighted by Crippen LogP contribution is -2.23. The molecule has 0 fully saturated rings. The van der Waals surface area contributed by atoms with E-state index in [1.807, 2.05) is 36.2 Å². The van der Waals surface area contributed by atoms with Crippen LogP contribution in [0.15, 0.2) is 60.9 Å². The summed E-state index contributed by atoms with van der Waals surface area (Å²) in [5.41, 5.74) is 2.63. The first-order valence-electron chi connectivity index (χ1n) is 9.87. The van der Waals surface area contributed by atoms with Gasteiger partial charge in [0.15, 0.2) is 5.82 Å². The molecule has 0 atom stereocenters. The highest BCUT2D eigenvalue weighted by Gasteiger charge is 2.18. The summed E-state index contributed by atoms with van der Waals surface area (Å²) in [5.74, 6) is 1.49. The molecule has 0 aliphatic carbocycles. The normalized spacial score (nSPS) is 11.0. The zero-order valence-electron chi connectivity index (χ0n) is 17.7. The molecule has 0 aliphatic heterocycles. The van der Waals surface area contributed by atoms with E-state index in [-0.39, 0.29) is 5.82 Å². The number of ether oxygens (including phenoxy) is 2. The summed E-state index contributed by atoms with van der Waals surface area (Å²) in [7, 11) is 5.18. The fourth-order valence-electron chi connectivity index (χ4n) is 3.44. The van der Waals surface area contributed by atoms with Crippen molar-refractivity contribution in [3.05, 3.63) is 66.7 Å². The van der Waals surface area contributed by atoms with Crippen molar-refractivity contribution in [3.8, 4) is 28.3 Å². The van der Waals surface area contributed by atoms with Crippen LogP contribution in [-0.2, 0) is 4.74 Å². The van der Waals surface area contributed by atoms with Crippen molar-refractivity contribution in [1.29, 1.82) is 0 Å². The molecule has 0 bridgehead atoms. The number of aromatic nitrogens is 3. The van der Waals surface area contributed by atoms with Crippen LogP contribution < -0.4 is 9.64 Å². The van der Waals surface area contributed by atoms with E-state index in [1.165, 1.54) is 6.07 Å². The lowest BCUT2D eigenvalue weighted by Gasteiger charge is -2.21. The van der Waals surface area contributed by atoms with Gasteiger partial charge in [0.1, 0.15) is 22.9 Å². The number of nitrogens with zero attached hydrogens (tertiary/aromatic N) is 4. The van der Waals surface area contributed by atoms with Crippen molar-refractivity contribution in [2.45, 2.75) is 0 Å². The first-order chi connectivity index (χ1) is 15.1. The third-order valence-corrected chi connectivity index (χ3v) is 5.06. The highest BCUT2D eigenvalue weighted by Crippen LogP contribution is 2.37. The minimum atomic E-state index is -0.300. The summed E-state index contributed by atoms with van der Waals surface area (Å²) in [6.45, 7) is 1.16. The number of pyridine rings is 1. The van der Waals surface area contributed by atoms with Crippen molar-refractivity contribution in [3.63, 3.8) is 0 Å². The molecule has 31 heavy (non-hydrogen) atoms. The standard InChI is InChI=1S/C24H23FN4O2/c1-29(11-12-30-2)24-19-13-17(18-8-4-5-9-20(18)25)14-21(31-3)22(19)27-23(28-24)16-7-6-10-26-15-16/h4-10,13-15H,11-12H2,1-3H3. The molecule has 0 radical (unpaired) electrons. The quantitative estimate of drug-likeness (QED) is 0.438. The maximum Gasteiger partial charge on any atom is 0.163 e. The highest BCUT2D eigenvalue weighted by molar-refractivity contribution is 5.98. The van der Waals surface area contributed by atoms with Crippen LogP contribution in [0.2, 0.25) is 0 Å². The Morgan fingerprint density at radius 2 is 1.84 bits per heavy atom. The van der Waals surface area contributed by atoms with Crippen LogP contribution in [0.5, 0.6) is 5.75 Å². The Morgan fingerprint density at radius 1 is 1.00 bits per heavy atom. The molecule has 2 aromatic heterocycles. The van der Waals surface area contributed by atoms with Crippen molar-refractivity contribution in [1.82, 2.24) is 15.0 Å². The predicted octanol–water partition coefficient (Wildman–Crippen LogP) is 4.59. The lowest BCUT2D eigenvalue weighted by atomic mass is 10.0. The van der Waals surface area contributed by atoms with Crippen LogP contribution in [0.1, 0.15) is 0 Å². The fraction of sp³-hybridized carbons (Fsp3) is 0.208. The molecule has 4 aromatic rings. The van der Waals surface area contributed by atoms with Gasteiger partial charge in [0.25, 0.3) is 0 Å². The van der Waals surface area contributed by atoms with E-state index in [2.05, 4.69) is 4.98 Å². The largest absolute Gasteiger partial charge is 0.494 e. The number of hydrogen-bond donors (Lipinski definition) is 0. The van der Waals surface area contributed by atoms with E-state index >= 15 is 0 Å². The summed E-state index contributed by atoms with van der Waals surface area (Å²) >= 11 is 0. The van der Waals surface area contributed by atoms with Gasteiger partial charge in [-0.15, -0.1) is 0 Å². The molecule has 0 unspecified atom stereocenters. The van der Waals surface area contributed by atoms with Gasteiger partial charge in [-0.3, -0.25) is 4.98 Å². The number of benzene rings is 2. The number of rotatable bonds is 7. The molecule has 0 N–H and O–H groups in total. The SMILES string of the molecule is COCCN(C)c1nc(-c2cccnc2)nc2c(OC)cc(-c3ccccc3F)cc12. The molecule has 7 heteroatoms. The van der Waals surface area contributed by atoms with Crippen molar-refractivity contribution in [2.24, 2.45) is 0 Å². The zero-order valence-corrected chi connectivity index (χ0v) is 17.7. The smallest absolute Gasteiger partial charge is 0.163 e. The van der Waals surface area contributed by atoms with Gasteiger partial charge in [-0.1, -0.05) is 18.2 Å². The lowest BCUT2D eigenvalue weighted by molar-refractivity contribution is 0.206. The Labute approximate surface area is 180 Å². The van der Waals surface area contributed by atoms with Gasteiger partial charge in [0.05, 0.1) is 13.7 Å². The van der Waals surface area contributed by atoms with E-state index in [4.69, 9.17) is 19.4 Å². The molecular formula is C24H23FN4O2. The fourth-order valence-corrected chi connectivity index (χ4v) is 3.44. The summed E-state index contributed by atoms with van der Waals surface area (Å²) in [6.07, 6.45) is 3.43. The van der Waals surface area contributed by atoms with E-state index in [0.29, 0.717) is 47.2 Å². The van der Waals surface area contributed by atoms with Gasteiger partial charge in [-0.05, 0) is 35.9 Å². The minimum absolute atomic E-state index is 0.300. The minimum Gasteiger partial charge on any atom is -0.494 e. The number of anilines is 1.